The molecular formula is C14H14N2O4. The van der Waals surface area contributed by atoms with E-state index in [-0.39, 0.29) is 11.3 Å². The number of ether oxygens (including phenoxy) is 2. The molecule has 0 N–H and O–H groups in total. The first kappa shape index (κ1) is 12.7. The lowest BCUT2D eigenvalue weighted by atomic mass is 10.1. The fourth-order valence-electron chi connectivity index (χ4n) is 2.28. The summed E-state index contributed by atoms with van der Waals surface area (Å²) in [6.07, 6.45) is 4.06. The van der Waals surface area contributed by atoms with Crippen LogP contribution in [0.2, 0.25) is 0 Å². The van der Waals surface area contributed by atoms with E-state index in [1.165, 1.54) is 18.7 Å². The summed E-state index contributed by atoms with van der Waals surface area (Å²) in [6.45, 7) is 0. The van der Waals surface area contributed by atoms with Crippen LogP contribution in [0.1, 0.15) is 45.2 Å². The zero-order valence-electron chi connectivity index (χ0n) is 11.3. The van der Waals surface area contributed by atoms with Crippen molar-refractivity contribution >= 4 is 17.5 Å². The average Bonchev–Trinajstić information content (AvgIpc) is 3.25. The van der Waals surface area contributed by atoms with Gasteiger partial charge in [-0.3, -0.25) is 0 Å². The van der Waals surface area contributed by atoms with E-state index in [0.29, 0.717) is 11.4 Å². The van der Waals surface area contributed by atoms with Gasteiger partial charge in [0.2, 0.25) is 0 Å². The summed E-state index contributed by atoms with van der Waals surface area (Å²) in [5, 5.41) is 4.11. The number of rotatable bonds is 3. The topological polar surface area (TPSA) is 69.9 Å². The van der Waals surface area contributed by atoms with Gasteiger partial charge in [0.25, 0.3) is 0 Å². The van der Waals surface area contributed by atoms with Crippen molar-refractivity contribution in [3.8, 4) is 0 Å². The van der Waals surface area contributed by atoms with Gasteiger partial charge in [-0.25, -0.2) is 14.1 Å². The number of hydrogen-bond donors (Lipinski definition) is 0. The van der Waals surface area contributed by atoms with Gasteiger partial charge < -0.3 is 9.47 Å². The molecule has 3 rings (SSSR count). The van der Waals surface area contributed by atoms with E-state index in [1.807, 2.05) is 12.1 Å². The predicted octanol–water partition coefficient (Wildman–Crippen LogP) is 1.78. The monoisotopic (exact) mass is 274 g/mol. The molecule has 0 aromatic carbocycles. The molecule has 6 nitrogen and oxygen atoms in total. The molecular weight excluding hydrogens is 260 g/mol. The Balaban J connectivity index is 2.22. The second kappa shape index (κ2) is 4.63. The fraction of sp³-hybridized carbons (Fsp3) is 0.357. The standard InChI is InChI=1S/C14H14N2O4/c1-19-13(17)11-10-7-9(8-3-4-8)5-6-16(10)15-12(11)14(18)20-2/h5-8H,3-4H2,1-2H3. The van der Waals surface area contributed by atoms with E-state index < -0.39 is 11.9 Å². The van der Waals surface area contributed by atoms with Crippen LogP contribution in [0.5, 0.6) is 0 Å². The lowest BCUT2D eigenvalue weighted by Crippen LogP contribution is -2.10. The highest BCUT2D eigenvalue weighted by Crippen LogP contribution is 2.40. The lowest BCUT2D eigenvalue weighted by molar-refractivity contribution is 0.0553. The minimum absolute atomic E-state index is 0.0210. The quantitative estimate of drug-likeness (QED) is 0.798. The van der Waals surface area contributed by atoms with Crippen LogP contribution in [0, 0.1) is 0 Å². The first-order chi connectivity index (χ1) is 9.65. The van der Waals surface area contributed by atoms with Gasteiger partial charge in [0.1, 0.15) is 5.56 Å². The SMILES string of the molecule is COC(=O)c1nn2ccc(C3CC3)cc2c1C(=O)OC. The molecule has 1 aliphatic rings. The minimum atomic E-state index is -0.651. The van der Waals surface area contributed by atoms with Crippen molar-refractivity contribution in [2.24, 2.45) is 0 Å². The van der Waals surface area contributed by atoms with Gasteiger partial charge >= 0.3 is 11.9 Å². The highest BCUT2D eigenvalue weighted by molar-refractivity contribution is 6.07. The Morgan fingerprint density at radius 1 is 1.25 bits per heavy atom. The van der Waals surface area contributed by atoms with E-state index in [2.05, 4.69) is 9.84 Å². The molecule has 0 spiro atoms. The molecule has 6 heteroatoms. The molecule has 2 aromatic heterocycles. The van der Waals surface area contributed by atoms with Gasteiger partial charge in [0.15, 0.2) is 5.69 Å². The molecule has 0 amide bonds. The summed E-state index contributed by atoms with van der Waals surface area (Å²) < 4.78 is 10.9. The Hall–Kier alpha value is -2.37. The third-order valence-electron chi connectivity index (χ3n) is 3.48. The number of nitrogens with zero attached hydrogens (tertiary/aromatic N) is 2. The fourth-order valence-corrected chi connectivity index (χ4v) is 2.28. The van der Waals surface area contributed by atoms with Crippen LogP contribution < -0.4 is 0 Å². The number of carbonyl (C=O) groups is 2. The number of esters is 2. The Bertz CT molecular complexity index is 701. The number of pyridine rings is 1. The number of hydrogen-bond acceptors (Lipinski definition) is 5. The van der Waals surface area contributed by atoms with Crippen LogP contribution >= 0.6 is 0 Å². The molecule has 2 aromatic rings. The van der Waals surface area contributed by atoms with Crippen LogP contribution in [0.3, 0.4) is 0 Å². The molecule has 0 saturated heterocycles. The van der Waals surface area contributed by atoms with Gasteiger partial charge in [-0.1, -0.05) is 0 Å². The third kappa shape index (κ3) is 1.93. The van der Waals surface area contributed by atoms with Crippen molar-refractivity contribution in [1.82, 2.24) is 9.61 Å². The van der Waals surface area contributed by atoms with E-state index >= 15 is 0 Å². The molecule has 0 radical (unpaired) electrons. The highest BCUT2D eigenvalue weighted by Gasteiger charge is 2.28. The first-order valence-corrected chi connectivity index (χ1v) is 6.34. The van der Waals surface area contributed by atoms with Crippen LogP contribution in [-0.2, 0) is 9.47 Å². The molecule has 0 bridgehead atoms. The van der Waals surface area contributed by atoms with Gasteiger partial charge in [-0.2, -0.15) is 5.10 Å². The predicted molar refractivity (Wildman–Crippen MR) is 69.8 cm³/mol. The summed E-state index contributed by atoms with van der Waals surface area (Å²) >= 11 is 0. The molecule has 20 heavy (non-hydrogen) atoms. The maximum atomic E-state index is 11.9. The zero-order valence-corrected chi connectivity index (χ0v) is 11.3. The number of methoxy groups -OCH3 is 2. The van der Waals surface area contributed by atoms with E-state index in [4.69, 9.17) is 4.74 Å². The summed E-state index contributed by atoms with van der Waals surface area (Å²) in [7, 11) is 2.53. The van der Waals surface area contributed by atoms with Crippen LogP contribution in [0.15, 0.2) is 18.3 Å². The van der Waals surface area contributed by atoms with Gasteiger partial charge in [0.05, 0.1) is 19.7 Å². The second-order valence-corrected chi connectivity index (χ2v) is 4.77. The molecule has 1 fully saturated rings. The molecule has 0 unspecified atom stereocenters. The van der Waals surface area contributed by atoms with Crippen molar-refractivity contribution in [2.45, 2.75) is 18.8 Å². The maximum absolute atomic E-state index is 11.9. The maximum Gasteiger partial charge on any atom is 0.359 e. The Morgan fingerprint density at radius 2 is 1.95 bits per heavy atom. The van der Waals surface area contributed by atoms with Crippen LogP contribution in [0.25, 0.3) is 5.52 Å². The average molecular weight is 274 g/mol. The van der Waals surface area contributed by atoms with E-state index in [0.717, 1.165) is 18.4 Å². The minimum Gasteiger partial charge on any atom is -0.465 e. The van der Waals surface area contributed by atoms with Gasteiger partial charge in [-0.15, -0.1) is 0 Å². The van der Waals surface area contributed by atoms with E-state index in [9.17, 15) is 9.59 Å². The molecule has 104 valence electrons. The summed E-state index contributed by atoms with van der Waals surface area (Å²) in [5.41, 5.74) is 1.86. The number of fused-ring (bicyclic) bond motifs is 1. The number of carbonyl (C=O) groups excluding carboxylic acids is 2. The Morgan fingerprint density at radius 3 is 2.55 bits per heavy atom. The van der Waals surface area contributed by atoms with Crippen molar-refractivity contribution in [3.63, 3.8) is 0 Å². The van der Waals surface area contributed by atoms with Crippen molar-refractivity contribution < 1.29 is 19.1 Å². The molecule has 0 aliphatic heterocycles. The number of aromatic nitrogens is 2. The Labute approximate surface area is 115 Å². The smallest absolute Gasteiger partial charge is 0.359 e. The van der Waals surface area contributed by atoms with Crippen LogP contribution in [-0.4, -0.2) is 35.8 Å². The molecule has 0 atom stereocenters. The highest BCUT2D eigenvalue weighted by atomic mass is 16.5. The van der Waals surface area contributed by atoms with Gasteiger partial charge in [0, 0.05) is 6.20 Å². The largest absolute Gasteiger partial charge is 0.465 e. The molecule has 1 saturated carbocycles. The lowest BCUT2D eigenvalue weighted by Gasteiger charge is -2.01. The summed E-state index contributed by atoms with van der Waals surface area (Å²) in [4.78, 5) is 23.7. The normalized spacial score (nSPS) is 14.3. The van der Waals surface area contributed by atoms with Crippen LogP contribution in [0.4, 0.5) is 0 Å². The summed E-state index contributed by atoms with van der Waals surface area (Å²) in [5.74, 6) is -0.697. The zero-order chi connectivity index (χ0) is 14.3. The molecule has 2 heterocycles. The van der Waals surface area contributed by atoms with E-state index in [1.54, 1.807) is 6.20 Å². The van der Waals surface area contributed by atoms with Crippen molar-refractivity contribution in [1.29, 1.82) is 0 Å². The Kier molecular flexibility index (Phi) is 2.93. The first-order valence-electron chi connectivity index (χ1n) is 6.34. The van der Waals surface area contributed by atoms with Crippen molar-refractivity contribution in [3.05, 3.63) is 35.2 Å². The third-order valence-corrected chi connectivity index (χ3v) is 3.48. The van der Waals surface area contributed by atoms with Gasteiger partial charge in [-0.05, 0) is 36.5 Å². The molecule has 1 aliphatic carbocycles. The summed E-state index contributed by atoms with van der Waals surface area (Å²) in [6, 6.07) is 3.85. The van der Waals surface area contributed by atoms with Crippen molar-refractivity contribution in [2.75, 3.05) is 14.2 Å². The second-order valence-electron chi connectivity index (χ2n) is 4.77.